The molecule has 1 fully saturated rings. The number of nitrogens with zero attached hydrogens (tertiary/aromatic N) is 9. The molecule has 0 aliphatic heterocycles. The molecule has 5 aromatic heterocycles. The molecule has 0 spiro atoms. The molecule has 0 amide bonds. The van der Waals surface area contributed by atoms with Gasteiger partial charge in [-0.25, -0.2) is 19.9 Å². The molecule has 0 N–H and O–H groups in total. The predicted octanol–water partition coefficient (Wildman–Crippen LogP) is 16.5. The third-order valence-corrected chi connectivity index (χ3v) is 5.89. The maximum Gasteiger partial charge on any atom is 0.125 e. The summed E-state index contributed by atoms with van der Waals surface area (Å²) in [6.45, 7) is 42.0. The average Bonchev–Trinajstić information content (AvgIpc) is 3.96. The van der Waals surface area contributed by atoms with Crippen molar-refractivity contribution < 1.29 is 0 Å². The highest BCUT2D eigenvalue weighted by molar-refractivity contribution is 7.09. The monoisotopic (exact) mass is 866 g/mol. The Kier molecular flexibility index (Phi) is 91.7. The Bertz CT molecular complexity index is 1230. The lowest BCUT2D eigenvalue weighted by Gasteiger charge is -1.82. The quantitative estimate of drug-likeness (QED) is 0.147. The summed E-state index contributed by atoms with van der Waals surface area (Å²) >= 11 is 1.67. The van der Waals surface area contributed by atoms with Crippen molar-refractivity contribution in [1.82, 2.24) is 45.1 Å². The molecular weight excluding hydrogens is 771 g/mol. The van der Waals surface area contributed by atoms with Crippen molar-refractivity contribution in [3.8, 4) is 0 Å². The van der Waals surface area contributed by atoms with E-state index in [0.29, 0.717) is 0 Å². The molecule has 9 nitrogen and oxygen atoms in total. The highest BCUT2D eigenvalue weighted by atomic mass is 32.1. The second kappa shape index (κ2) is 72.8. The van der Waals surface area contributed by atoms with Crippen molar-refractivity contribution >= 4 is 11.3 Å². The van der Waals surface area contributed by atoms with E-state index < -0.39 is 0 Å². The molecule has 1 aliphatic rings. The Hall–Kier alpha value is -4.83. The minimum atomic E-state index is 0. The predicted molar refractivity (Wildman–Crippen MR) is 276 cm³/mol. The average molecular weight is 866 g/mol. The largest absolute Gasteiger partial charge is 0.261 e. The Morgan fingerprint density at radius 1 is 0.459 bits per heavy atom. The van der Waals surface area contributed by atoms with Crippen LogP contribution in [-0.2, 0) is 0 Å². The molecule has 1 aliphatic carbocycles. The SMILES string of the molecule is C.C.CC.CC.CC.CC.CC.CC.CC.CC1CC1.Cc1ccccc1.Cc1cccnn1.Cc1ccncn1.Cc1cnccn1.Cc1ncccn1.Cc1nccs1. The number of aromatic nitrogens is 9. The van der Waals surface area contributed by atoms with Crippen LogP contribution in [0.25, 0.3) is 0 Å². The molecule has 0 unspecified atom stereocenters. The van der Waals surface area contributed by atoms with Crippen molar-refractivity contribution in [3.63, 3.8) is 0 Å². The molecule has 6 aromatic rings. The van der Waals surface area contributed by atoms with Crippen molar-refractivity contribution in [3.05, 3.63) is 149 Å². The summed E-state index contributed by atoms with van der Waals surface area (Å²) in [6, 6.07) is 17.7. The zero-order chi connectivity index (χ0) is 47.0. The standard InChI is InChI=1S/C7H8.4C5H6N2.C4H5NS.C4H8.7C2H6.2CH4/c1-7-5-3-2-4-6-7;1-5-4-6-2-3-7-5;1-5-2-3-6-4-7-5;1-5-6-3-2-4-7-5;1-5-3-2-4-6-7-5;1-4-5-2-3-6-4;1-4-2-3-4;7*1-2;;/h2-6H,1H3;4*2-4H,1H3;2-3H,1H3;4H,2-3H2,1H3;7*1-2H3;2*1H4. The summed E-state index contributed by atoms with van der Waals surface area (Å²) in [5.41, 5.74) is 4.25. The van der Waals surface area contributed by atoms with Gasteiger partial charge < -0.3 is 0 Å². The van der Waals surface area contributed by atoms with E-state index >= 15 is 0 Å². The maximum atomic E-state index is 3.94. The highest BCUT2D eigenvalue weighted by Gasteiger charge is 2.12. The number of rotatable bonds is 0. The van der Waals surface area contributed by atoms with E-state index in [-0.39, 0.29) is 14.9 Å². The summed E-state index contributed by atoms with van der Waals surface area (Å²) in [7, 11) is 0. The van der Waals surface area contributed by atoms with Gasteiger partial charge in [-0.3, -0.25) is 15.0 Å². The van der Waals surface area contributed by atoms with Crippen molar-refractivity contribution in [2.24, 2.45) is 5.92 Å². The van der Waals surface area contributed by atoms with Crippen LogP contribution in [0.1, 0.15) is 165 Å². The van der Waals surface area contributed by atoms with Crippen LogP contribution in [0.3, 0.4) is 0 Å². The fourth-order valence-corrected chi connectivity index (χ4v) is 2.92. The Labute approximate surface area is 383 Å². The van der Waals surface area contributed by atoms with E-state index in [1.54, 1.807) is 67.0 Å². The number of hydrogen-bond donors (Lipinski definition) is 0. The second-order valence-electron chi connectivity index (χ2n) is 9.75. The van der Waals surface area contributed by atoms with E-state index in [1.807, 2.05) is 173 Å². The molecule has 5 heterocycles. The smallest absolute Gasteiger partial charge is 0.125 e. The van der Waals surface area contributed by atoms with Crippen molar-refractivity contribution in [1.29, 1.82) is 0 Å². The molecule has 0 radical (unpaired) electrons. The fourth-order valence-electron chi connectivity index (χ4n) is 2.48. The van der Waals surface area contributed by atoms with Gasteiger partial charge in [0.1, 0.15) is 12.2 Å². The second-order valence-corrected chi connectivity index (χ2v) is 10.8. The van der Waals surface area contributed by atoms with Crippen LogP contribution in [-0.4, -0.2) is 45.1 Å². The minimum absolute atomic E-state index is 0. The van der Waals surface area contributed by atoms with Gasteiger partial charge in [-0.1, -0.05) is 167 Å². The first-order chi connectivity index (χ1) is 28.8. The van der Waals surface area contributed by atoms with Crippen LogP contribution >= 0.6 is 11.3 Å². The fraction of sp³-hybridized carbons (Fsp3) is 0.510. The number of hydrogen-bond acceptors (Lipinski definition) is 10. The van der Waals surface area contributed by atoms with Crippen LogP contribution in [0.2, 0.25) is 0 Å². The van der Waals surface area contributed by atoms with Crippen LogP contribution in [0.5, 0.6) is 0 Å². The van der Waals surface area contributed by atoms with Gasteiger partial charge in [-0.15, -0.1) is 11.3 Å². The van der Waals surface area contributed by atoms with Gasteiger partial charge in [0.2, 0.25) is 0 Å². The maximum absolute atomic E-state index is 3.94. The lowest BCUT2D eigenvalue weighted by Crippen LogP contribution is -1.80. The highest BCUT2D eigenvalue weighted by Crippen LogP contribution is 2.26. The number of aryl methyl sites for hydroxylation is 6. The molecule has 10 heteroatoms. The zero-order valence-electron chi connectivity index (χ0n) is 41.4. The van der Waals surface area contributed by atoms with Crippen LogP contribution in [0.15, 0.2) is 116 Å². The molecule has 61 heavy (non-hydrogen) atoms. The summed E-state index contributed by atoms with van der Waals surface area (Å²) in [5, 5.41) is 10.5. The van der Waals surface area contributed by atoms with Crippen molar-refractivity contribution in [2.75, 3.05) is 0 Å². The van der Waals surface area contributed by atoms with Gasteiger partial charge in [0, 0.05) is 60.6 Å². The van der Waals surface area contributed by atoms with Gasteiger partial charge in [0.05, 0.1) is 16.4 Å². The lowest BCUT2D eigenvalue weighted by molar-refractivity contribution is 0.980. The van der Waals surface area contributed by atoms with Gasteiger partial charge in [-0.05, 0) is 71.7 Å². The Balaban J connectivity index is -0.0000000703. The van der Waals surface area contributed by atoms with Gasteiger partial charge in [0.25, 0.3) is 0 Å². The molecule has 1 saturated carbocycles. The van der Waals surface area contributed by atoms with E-state index in [9.17, 15) is 0 Å². The molecule has 350 valence electrons. The van der Waals surface area contributed by atoms with Crippen LogP contribution in [0.4, 0.5) is 0 Å². The molecule has 0 atom stereocenters. The third kappa shape index (κ3) is 76.4. The first-order valence-corrected chi connectivity index (χ1v) is 22.4. The van der Waals surface area contributed by atoms with E-state index in [1.165, 1.54) is 24.7 Å². The van der Waals surface area contributed by atoms with Gasteiger partial charge >= 0.3 is 0 Å². The summed E-state index contributed by atoms with van der Waals surface area (Å²) in [6.07, 6.45) is 18.2. The molecular formula is C51H95N9S. The van der Waals surface area contributed by atoms with E-state index in [2.05, 4.69) is 71.1 Å². The lowest BCUT2D eigenvalue weighted by atomic mass is 10.2. The zero-order valence-corrected chi connectivity index (χ0v) is 42.2. The number of thiazole rings is 1. The van der Waals surface area contributed by atoms with Crippen molar-refractivity contribution in [2.45, 2.75) is 173 Å². The Morgan fingerprint density at radius 3 is 1.16 bits per heavy atom. The third-order valence-electron chi connectivity index (χ3n) is 5.18. The summed E-state index contributed by atoms with van der Waals surface area (Å²) in [4.78, 5) is 27.0. The van der Waals surface area contributed by atoms with Gasteiger partial charge in [-0.2, -0.15) is 10.2 Å². The minimum Gasteiger partial charge on any atom is -0.261 e. The molecule has 0 saturated heterocycles. The van der Waals surface area contributed by atoms with Crippen LogP contribution < -0.4 is 0 Å². The normalized spacial score (nSPS) is 8.28. The molecule has 1 aromatic carbocycles. The molecule has 0 bridgehead atoms. The summed E-state index contributed by atoms with van der Waals surface area (Å²) < 4.78 is 0. The van der Waals surface area contributed by atoms with E-state index in [4.69, 9.17) is 0 Å². The topological polar surface area (TPSA) is 116 Å². The van der Waals surface area contributed by atoms with E-state index in [0.717, 1.165) is 33.8 Å². The first kappa shape index (κ1) is 76.8. The number of benzene rings is 1. The molecule has 7 rings (SSSR count). The summed E-state index contributed by atoms with van der Waals surface area (Å²) in [5.74, 6) is 1.91. The van der Waals surface area contributed by atoms with Gasteiger partial charge in [0.15, 0.2) is 0 Å². The van der Waals surface area contributed by atoms with Crippen LogP contribution in [0, 0.1) is 47.5 Å². The first-order valence-electron chi connectivity index (χ1n) is 21.6. The Morgan fingerprint density at radius 2 is 0.984 bits per heavy atom.